The molecule has 0 saturated carbocycles. The van der Waals surface area contributed by atoms with Gasteiger partial charge in [-0.1, -0.05) is 0 Å². The van der Waals surface area contributed by atoms with Crippen molar-refractivity contribution in [3.63, 3.8) is 0 Å². The Balaban J connectivity index is 0.000000345. The third-order valence-electron chi connectivity index (χ3n) is 4.42. The van der Waals surface area contributed by atoms with Gasteiger partial charge in [0.1, 0.15) is 0 Å². The van der Waals surface area contributed by atoms with Crippen LogP contribution in [-0.2, 0) is 9.53 Å². The third-order valence-corrected chi connectivity index (χ3v) is 4.42. The van der Waals surface area contributed by atoms with Crippen LogP contribution < -0.4 is 4.90 Å². The van der Waals surface area contributed by atoms with E-state index in [-0.39, 0.29) is 12.2 Å². The topological polar surface area (TPSA) is 99.0 Å². The van der Waals surface area contributed by atoms with Crippen molar-refractivity contribution in [1.29, 1.82) is 0 Å². The maximum atomic E-state index is 12.9. The van der Waals surface area contributed by atoms with Crippen molar-refractivity contribution < 1.29 is 37.3 Å². The molecule has 2 N–H and O–H groups in total. The number of morpholine rings is 1. The lowest BCUT2D eigenvalue weighted by Crippen LogP contribution is -2.60. The highest BCUT2D eigenvalue weighted by atomic mass is 19.4. The van der Waals surface area contributed by atoms with Crippen LogP contribution in [0.15, 0.2) is 12.4 Å². The average molecular weight is 410 g/mol. The van der Waals surface area contributed by atoms with Gasteiger partial charge in [-0.05, 0) is 12.8 Å². The maximum Gasteiger partial charge on any atom is 0.490 e. The van der Waals surface area contributed by atoms with Gasteiger partial charge in [0.25, 0.3) is 0 Å². The number of β-amino-alcohol motifs (C(OH)–C–C–N with tert-alkyl or cyclic N) is 1. The molecule has 2 aliphatic rings. The minimum absolute atomic E-state index is 0.168. The SMILES string of the molecule is O=C(O)C(F)(F)F.OCCN1CCOC2(CCCN(c3ncc(F)cn3)C2)C1. The molecular weight excluding hydrogens is 388 g/mol. The summed E-state index contributed by atoms with van der Waals surface area (Å²) in [5.41, 5.74) is -0.233. The first kappa shape index (κ1) is 22.2. The van der Waals surface area contributed by atoms with Crippen molar-refractivity contribution >= 4 is 11.9 Å². The van der Waals surface area contributed by atoms with Crippen molar-refractivity contribution in [2.75, 3.05) is 50.8 Å². The van der Waals surface area contributed by atoms with Crippen LogP contribution in [0.1, 0.15) is 12.8 Å². The van der Waals surface area contributed by atoms with E-state index in [0.717, 1.165) is 32.5 Å². The molecule has 2 fully saturated rings. The number of piperidine rings is 1. The lowest BCUT2D eigenvalue weighted by atomic mass is 9.91. The summed E-state index contributed by atoms with van der Waals surface area (Å²) in [4.78, 5) is 21.3. The normalized spacial score (nSPS) is 23.2. The Bertz CT molecular complexity index is 641. The highest BCUT2D eigenvalue weighted by molar-refractivity contribution is 5.73. The maximum absolute atomic E-state index is 12.9. The Morgan fingerprint density at radius 2 is 1.89 bits per heavy atom. The molecule has 1 spiro atoms. The van der Waals surface area contributed by atoms with E-state index in [4.69, 9.17) is 19.7 Å². The summed E-state index contributed by atoms with van der Waals surface area (Å²) in [7, 11) is 0. The van der Waals surface area contributed by atoms with E-state index >= 15 is 0 Å². The highest BCUT2D eigenvalue weighted by Gasteiger charge is 2.41. The van der Waals surface area contributed by atoms with E-state index < -0.39 is 18.0 Å². The number of aliphatic carboxylic acids is 1. The van der Waals surface area contributed by atoms with Gasteiger partial charge >= 0.3 is 12.1 Å². The standard InChI is InChI=1S/C14H21FN4O2.C2HF3O2/c15-12-8-16-13(17-9-12)19-3-1-2-14(11-19)10-18(4-6-20)5-7-21-14;3-2(4,5)1(6)7/h8-9,20H,1-7,10-11H2;(H,6,7). The number of aliphatic hydroxyl groups is 1. The lowest BCUT2D eigenvalue weighted by Gasteiger charge is -2.48. The number of anilines is 1. The van der Waals surface area contributed by atoms with E-state index in [1.807, 2.05) is 0 Å². The van der Waals surface area contributed by atoms with E-state index in [1.165, 1.54) is 12.4 Å². The van der Waals surface area contributed by atoms with Crippen LogP contribution in [0.25, 0.3) is 0 Å². The molecule has 2 aliphatic heterocycles. The first-order valence-corrected chi connectivity index (χ1v) is 8.65. The molecule has 0 aliphatic carbocycles. The van der Waals surface area contributed by atoms with Crippen molar-refractivity contribution in [3.8, 4) is 0 Å². The number of hydrogen-bond acceptors (Lipinski definition) is 7. The first-order valence-electron chi connectivity index (χ1n) is 8.65. The van der Waals surface area contributed by atoms with Gasteiger partial charge in [0.15, 0.2) is 5.82 Å². The zero-order chi connectivity index (χ0) is 20.8. The number of hydrogen-bond donors (Lipinski definition) is 2. The second-order valence-electron chi connectivity index (χ2n) is 6.56. The van der Waals surface area contributed by atoms with Crippen LogP contribution in [0.2, 0.25) is 0 Å². The summed E-state index contributed by atoms with van der Waals surface area (Å²) < 4.78 is 50.7. The summed E-state index contributed by atoms with van der Waals surface area (Å²) in [6.45, 7) is 4.76. The van der Waals surface area contributed by atoms with Crippen molar-refractivity contribution in [1.82, 2.24) is 14.9 Å². The number of halogens is 4. The summed E-state index contributed by atoms with van der Waals surface area (Å²) >= 11 is 0. The van der Waals surface area contributed by atoms with Crippen LogP contribution >= 0.6 is 0 Å². The Kier molecular flexibility index (Phi) is 7.49. The second-order valence-corrected chi connectivity index (χ2v) is 6.56. The minimum Gasteiger partial charge on any atom is -0.475 e. The number of alkyl halides is 3. The number of carbonyl (C=O) groups is 1. The molecule has 158 valence electrons. The summed E-state index contributed by atoms with van der Waals surface area (Å²) in [6, 6.07) is 0. The molecule has 8 nitrogen and oxygen atoms in total. The molecule has 2 saturated heterocycles. The van der Waals surface area contributed by atoms with Gasteiger partial charge in [-0.15, -0.1) is 0 Å². The van der Waals surface area contributed by atoms with Gasteiger partial charge < -0.3 is 19.8 Å². The lowest BCUT2D eigenvalue weighted by molar-refractivity contribution is -0.192. The molecule has 0 aromatic carbocycles. The van der Waals surface area contributed by atoms with Gasteiger partial charge in [0.2, 0.25) is 5.95 Å². The smallest absolute Gasteiger partial charge is 0.475 e. The molecule has 1 atom stereocenters. The van der Waals surface area contributed by atoms with E-state index in [2.05, 4.69) is 19.8 Å². The number of aromatic nitrogens is 2. The van der Waals surface area contributed by atoms with Crippen molar-refractivity contribution in [2.45, 2.75) is 24.6 Å². The Morgan fingerprint density at radius 1 is 1.25 bits per heavy atom. The zero-order valence-corrected chi connectivity index (χ0v) is 15.0. The molecule has 28 heavy (non-hydrogen) atoms. The fourth-order valence-electron chi connectivity index (χ4n) is 3.24. The van der Waals surface area contributed by atoms with Crippen molar-refractivity contribution in [3.05, 3.63) is 18.2 Å². The molecule has 1 unspecified atom stereocenters. The van der Waals surface area contributed by atoms with Crippen LogP contribution in [0.5, 0.6) is 0 Å². The molecule has 12 heteroatoms. The van der Waals surface area contributed by atoms with E-state index in [1.54, 1.807) is 0 Å². The van der Waals surface area contributed by atoms with Crippen LogP contribution in [-0.4, -0.2) is 88.8 Å². The quantitative estimate of drug-likeness (QED) is 0.710. The Labute approximate surface area is 158 Å². The Hall–Kier alpha value is -2.05. The molecule has 0 amide bonds. The predicted octanol–water partition coefficient (Wildman–Crippen LogP) is 0.912. The van der Waals surface area contributed by atoms with Crippen molar-refractivity contribution in [2.24, 2.45) is 0 Å². The molecule has 3 heterocycles. The molecule has 0 radical (unpaired) electrons. The molecule has 1 aromatic heterocycles. The van der Waals surface area contributed by atoms with Gasteiger partial charge in [-0.3, -0.25) is 4.90 Å². The molecular formula is C16H22F4N4O4. The van der Waals surface area contributed by atoms with Crippen LogP contribution in [0.3, 0.4) is 0 Å². The number of ether oxygens (including phenoxy) is 1. The fourth-order valence-corrected chi connectivity index (χ4v) is 3.24. The number of nitrogens with zero attached hydrogens (tertiary/aromatic N) is 4. The van der Waals surface area contributed by atoms with Gasteiger partial charge in [0, 0.05) is 26.2 Å². The first-order chi connectivity index (χ1) is 13.1. The second kappa shape index (κ2) is 9.43. The minimum atomic E-state index is -5.08. The third kappa shape index (κ3) is 6.24. The molecule has 1 aromatic rings. The Morgan fingerprint density at radius 3 is 2.46 bits per heavy atom. The summed E-state index contributed by atoms with van der Waals surface area (Å²) in [5, 5.41) is 16.2. The number of carboxylic acids is 1. The van der Waals surface area contributed by atoms with Gasteiger partial charge in [-0.25, -0.2) is 19.2 Å². The van der Waals surface area contributed by atoms with E-state index in [9.17, 15) is 17.6 Å². The molecule has 0 bridgehead atoms. The van der Waals surface area contributed by atoms with Gasteiger partial charge in [-0.2, -0.15) is 13.2 Å². The average Bonchev–Trinajstić information content (AvgIpc) is 2.62. The molecule has 3 rings (SSSR count). The summed E-state index contributed by atoms with van der Waals surface area (Å²) in [5.74, 6) is -2.63. The largest absolute Gasteiger partial charge is 0.490 e. The predicted molar refractivity (Wildman–Crippen MR) is 89.3 cm³/mol. The highest BCUT2D eigenvalue weighted by Crippen LogP contribution is 2.30. The number of rotatable bonds is 3. The van der Waals surface area contributed by atoms with Gasteiger partial charge in [0.05, 0.1) is 37.8 Å². The summed E-state index contributed by atoms with van der Waals surface area (Å²) in [6.07, 6.45) is -0.701. The van der Waals surface area contributed by atoms with E-state index in [0.29, 0.717) is 25.6 Å². The monoisotopic (exact) mass is 410 g/mol. The van der Waals surface area contributed by atoms with Crippen LogP contribution in [0, 0.1) is 5.82 Å². The zero-order valence-electron chi connectivity index (χ0n) is 15.0. The number of aliphatic hydroxyl groups excluding tert-OH is 1. The number of carboxylic acid groups (broad SMARTS) is 1. The van der Waals surface area contributed by atoms with Crippen LogP contribution in [0.4, 0.5) is 23.5 Å². The fraction of sp³-hybridized carbons (Fsp3) is 0.688.